The highest BCUT2D eigenvalue weighted by molar-refractivity contribution is 6.21. The number of anilines is 1. The van der Waals surface area contributed by atoms with E-state index >= 15 is 0 Å². The number of carbonyl (C=O) groups excluding carboxylic acids is 3. The van der Waals surface area contributed by atoms with Crippen LogP contribution < -0.4 is 25.2 Å². The van der Waals surface area contributed by atoms with Crippen LogP contribution in [0.15, 0.2) is 24.3 Å². The zero-order valence-corrected chi connectivity index (χ0v) is 18.3. The first-order valence-electron chi connectivity index (χ1n) is 11.6. The summed E-state index contributed by atoms with van der Waals surface area (Å²) in [5, 5.41) is 0. The fraction of sp³-hybridized carbons (Fsp3) is 0.609. The quantitative estimate of drug-likeness (QED) is 0.488. The molecule has 3 amide bonds. The molecule has 0 spiro atoms. The normalized spacial score (nSPS) is 29.9. The van der Waals surface area contributed by atoms with Gasteiger partial charge >= 0.3 is 0 Å². The number of hydrogen-bond acceptors (Lipinski definition) is 4. The van der Waals surface area contributed by atoms with Crippen molar-refractivity contribution in [2.45, 2.75) is 57.0 Å². The second-order valence-corrected chi connectivity index (χ2v) is 9.02. The van der Waals surface area contributed by atoms with Gasteiger partial charge in [-0.2, -0.15) is 0 Å². The number of ether oxygens (including phenoxy) is 1. The van der Waals surface area contributed by atoms with E-state index in [1.165, 1.54) is 16.2 Å². The zero-order valence-electron chi connectivity index (χ0n) is 18.3. The summed E-state index contributed by atoms with van der Waals surface area (Å²) in [5.41, 5.74) is 5.94. The molecule has 1 aromatic rings. The fourth-order valence-electron chi connectivity index (χ4n) is 5.68. The van der Waals surface area contributed by atoms with Crippen LogP contribution in [0.5, 0.6) is 5.75 Å². The van der Waals surface area contributed by atoms with Crippen LogP contribution in [0.3, 0.4) is 0 Å². The molecule has 3 fully saturated rings. The van der Waals surface area contributed by atoms with Crippen molar-refractivity contribution in [2.24, 2.45) is 5.73 Å². The molecule has 8 nitrogen and oxygen atoms in total. The number of hydrogen-bond donors (Lipinski definition) is 3. The van der Waals surface area contributed by atoms with Crippen LogP contribution in [-0.2, 0) is 14.4 Å². The molecule has 0 saturated carbocycles. The molecule has 1 atom stereocenters. The minimum Gasteiger partial charge on any atom is -0.494 e. The molecule has 0 unspecified atom stereocenters. The van der Waals surface area contributed by atoms with E-state index in [1.807, 2.05) is 13.0 Å². The number of quaternary nitrogens is 2. The lowest BCUT2D eigenvalue weighted by molar-refractivity contribution is -0.978. The van der Waals surface area contributed by atoms with Gasteiger partial charge in [-0.05, 0) is 38.3 Å². The second kappa shape index (κ2) is 8.96. The van der Waals surface area contributed by atoms with Crippen molar-refractivity contribution in [1.82, 2.24) is 0 Å². The summed E-state index contributed by atoms with van der Waals surface area (Å²) in [6.07, 6.45) is 5.02. The average molecular weight is 431 g/mol. The number of benzene rings is 1. The Morgan fingerprint density at radius 1 is 1.16 bits per heavy atom. The first-order valence-corrected chi connectivity index (χ1v) is 11.6. The van der Waals surface area contributed by atoms with Gasteiger partial charge in [0.25, 0.3) is 11.8 Å². The number of rotatable bonds is 6. The second-order valence-electron chi connectivity index (χ2n) is 9.02. The Morgan fingerprint density at radius 2 is 1.87 bits per heavy atom. The minimum absolute atomic E-state index is 0.162. The van der Waals surface area contributed by atoms with E-state index in [-0.39, 0.29) is 24.1 Å². The third-order valence-electron chi connectivity index (χ3n) is 7.38. The van der Waals surface area contributed by atoms with Gasteiger partial charge in [-0.3, -0.25) is 14.4 Å². The predicted molar refractivity (Wildman–Crippen MR) is 115 cm³/mol. The van der Waals surface area contributed by atoms with Gasteiger partial charge in [-0.1, -0.05) is 6.07 Å². The maximum atomic E-state index is 13.2. The van der Waals surface area contributed by atoms with E-state index in [9.17, 15) is 14.4 Å². The van der Waals surface area contributed by atoms with Crippen LogP contribution in [0, 0.1) is 0 Å². The topological polar surface area (TPSA) is 98.6 Å². The Hall–Kier alpha value is -2.45. The number of nitrogens with one attached hydrogen (secondary N) is 2. The maximum absolute atomic E-state index is 13.2. The van der Waals surface area contributed by atoms with Crippen molar-refractivity contribution in [1.29, 1.82) is 0 Å². The largest absolute Gasteiger partial charge is 0.494 e. The summed E-state index contributed by atoms with van der Waals surface area (Å²) in [4.78, 5) is 42.2. The average Bonchev–Trinajstić information content (AvgIpc) is 3.08. The van der Waals surface area contributed by atoms with Crippen LogP contribution in [0.1, 0.15) is 45.4 Å². The third kappa shape index (κ3) is 4.06. The van der Waals surface area contributed by atoms with Gasteiger partial charge in [-0.25, -0.2) is 4.90 Å². The van der Waals surface area contributed by atoms with Gasteiger partial charge < -0.3 is 20.3 Å². The van der Waals surface area contributed by atoms with Crippen molar-refractivity contribution in [3.8, 4) is 5.75 Å². The summed E-state index contributed by atoms with van der Waals surface area (Å²) in [5.74, 6) is 0.0897. The highest BCUT2D eigenvalue weighted by Crippen LogP contribution is 2.26. The SMILES string of the molecule is CCOc1cccc(N2C(=O)C[C@@H]([NH+]3CCC(C(N)=O)([NH+]4CCCCC4)CC3)C2=O)c1. The van der Waals surface area contributed by atoms with Crippen LogP contribution in [0.4, 0.5) is 5.69 Å². The van der Waals surface area contributed by atoms with Crippen LogP contribution in [-0.4, -0.2) is 62.1 Å². The van der Waals surface area contributed by atoms with Gasteiger partial charge in [0, 0.05) is 6.07 Å². The molecule has 168 valence electrons. The number of carbonyl (C=O) groups is 3. The first-order chi connectivity index (χ1) is 15.0. The van der Waals surface area contributed by atoms with E-state index in [2.05, 4.69) is 0 Å². The van der Waals surface area contributed by atoms with E-state index < -0.39 is 11.6 Å². The number of nitrogens with zero attached hydrogens (tertiary/aromatic N) is 1. The van der Waals surface area contributed by atoms with Crippen molar-refractivity contribution in [3.05, 3.63) is 24.3 Å². The Morgan fingerprint density at radius 3 is 2.52 bits per heavy atom. The molecule has 0 bridgehead atoms. The number of primary amides is 1. The first kappa shape index (κ1) is 21.8. The molecule has 31 heavy (non-hydrogen) atoms. The number of piperidine rings is 2. The van der Waals surface area contributed by atoms with Gasteiger partial charge in [0.2, 0.25) is 5.91 Å². The van der Waals surface area contributed by atoms with Crippen molar-refractivity contribution >= 4 is 23.4 Å². The lowest BCUT2D eigenvalue weighted by Gasteiger charge is -2.44. The lowest BCUT2D eigenvalue weighted by Crippen LogP contribution is -3.27. The van der Waals surface area contributed by atoms with E-state index in [1.54, 1.807) is 18.2 Å². The van der Waals surface area contributed by atoms with Gasteiger partial charge in [-0.15, -0.1) is 0 Å². The Kier molecular flexibility index (Phi) is 6.29. The smallest absolute Gasteiger partial charge is 0.292 e. The molecular formula is C23H34N4O4+2. The highest BCUT2D eigenvalue weighted by atomic mass is 16.5. The predicted octanol–water partition coefficient (Wildman–Crippen LogP) is -1.31. The standard InChI is InChI=1S/C23H32N4O4/c1-2-31-18-8-6-7-17(15-18)27-20(28)16-19(21(27)29)25-13-9-23(10-14-25,22(24)30)26-11-4-3-5-12-26/h6-8,15,19H,2-5,9-14,16H2,1H3,(H2,24,30)/p+2/t19-/m1/s1. The zero-order chi connectivity index (χ0) is 22.0. The van der Waals surface area contributed by atoms with E-state index in [4.69, 9.17) is 10.5 Å². The number of nitrogens with two attached hydrogens (primary N) is 1. The highest BCUT2D eigenvalue weighted by Gasteiger charge is 2.54. The Balaban J connectivity index is 1.46. The number of imide groups is 1. The van der Waals surface area contributed by atoms with E-state index in [0.717, 1.165) is 30.8 Å². The van der Waals surface area contributed by atoms with Crippen LogP contribution in [0.25, 0.3) is 0 Å². The van der Waals surface area contributed by atoms with Crippen molar-refractivity contribution in [3.63, 3.8) is 0 Å². The van der Waals surface area contributed by atoms with Crippen LogP contribution >= 0.6 is 0 Å². The molecule has 3 saturated heterocycles. The van der Waals surface area contributed by atoms with Gasteiger partial charge in [0.15, 0.2) is 11.6 Å². The molecule has 0 aliphatic carbocycles. The molecule has 3 aliphatic heterocycles. The molecule has 4 rings (SSSR count). The summed E-state index contributed by atoms with van der Waals surface area (Å²) in [7, 11) is 0. The summed E-state index contributed by atoms with van der Waals surface area (Å²) < 4.78 is 5.52. The monoisotopic (exact) mass is 430 g/mol. The van der Waals surface area contributed by atoms with Crippen LogP contribution in [0.2, 0.25) is 0 Å². The maximum Gasteiger partial charge on any atom is 0.292 e. The molecule has 0 aromatic heterocycles. The molecule has 0 radical (unpaired) electrons. The van der Waals surface area contributed by atoms with Crippen molar-refractivity contribution in [2.75, 3.05) is 37.7 Å². The number of amides is 3. The van der Waals surface area contributed by atoms with Gasteiger partial charge in [0.05, 0.1) is 57.7 Å². The molecule has 1 aromatic carbocycles. The Labute approximate surface area is 183 Å². The minimum atomic E-state index is -0.527. The summed E-state index contributed by atoms with van der Waals surface area (Å²) in [6, 6.07) is 6.72. The van der Waals surface area contributed by atoms with E-state index in [0.29, 0.717) is 44.0 Å². The molecular weight excluding hydrogens is 396 g/mol. The fourth-order valence-corrected chi connectivity index (χ4v) is 5.68. The van der Waals surface area contributed by atoms with Crippen molar-refractivity contribution < 1.29 is 28.9 Å². The number of likely N-dealkylation sites (tertiary alicyclic amines) is 2. The molecule has 4 N–H and O–H groups in total. The lowest BCUT2D eigenvalue weighted by atomic mass is 9.83. The molecule has 3 aliphatic rings. The summed E-state index contributed by atoms with van der Waals surface area (Å²) >= 11 is 0. The third-order valence-corrected chi connectivity index (χ3v) is 7.38. The van der Waals surface area contributed by atoms with Gasteiger partial charge in [0.1, 0.15) is 5.75 Å². The summed E-state index contributed by atoms with van der Waals surface area (Å²) in [6.45, 7) is 5.76. The molecule has 8 heteroatoms. The Bertz CT molecular complexity index is 844. The molecule has 3 heterocycles.